The monoisotopic (exact) mass is 376 g/mol. The first kappa shape index (κ1) is 16.9. The van der Waals surface area contributed by atoms with Crippen LogP contribution in [0.25, 0.3) is 22.5 Å². The number of aryl methyl sites for hydroxylation is 1. The lowest BCUT2D eigenvalue weighted by Crippen LogP contribution is -2.20. The van der Waals surface area contributed by atoms with Crippen LogP contribution in [0.5, 0.6) is 5.75 Å². The normalized spacial score (nSPS) is 12.0. The molecule has 27 heavy (non-hydrogen) atoms. The van der Waals surface area contributed by atoms with Crippen molar-refractivity contribution >= 4 is 16.8 Å². The zero-order chi connectivity index (χ0) is 19.3. The average molecular weight is 376 g/mol. The van der Waals surface area contributed by atoms with Gasteiger partial charge in [-0.15, -0.1) is 15.3 Å². The fourth-order valence-corrected chi connectivity index (χ4v) is 2.70. The van der Waals surface area contributed by atoms with Crippen molar-refractivity contribution in [2.45, 2.75) is 13.1 Å². The van der Waals surface area contributed by atoms with Crippen molar-refractivity contribution in [2.24, 2.45) is 0 Å². The van der Waals surface area contributed by atoms with E-state index in [9.17, 15) is 18.0 Å². The lowest BCUT2D eigenvalue weighted by Gasteiger charge is -2.12. The summed E-state index contributed by atoms with van der Waals surface area (Å²) in [5.74, 6) is -1.25. The molecule has 0 fully saturated rings. The summed E-state index contributed by atoms with van der Waals surface area (Å²) in [6.07, 6.45) is -3.32. The molecular formula is C16H11F3N6O2. The Morgan fingerprint density at radius 2 is 1.93 bits per heavy atom. The Hall–Kier alpha value is -3.50. The molecule has 1 aromatic carbocycles. The second-order valence-electron chi connectivity index (χ2n) is 5.75. The van der Waals surface area contributed by atoms with Crippen molar-refractivity contribution in [1.82, 2.24) is 29.4 Å². The molecule has 0 amide bonds. The van der Waals surface area contributed by atoms with E-state index in [1.165, 1.54) is 23.9 Å². The van der Waals surface area contributed by atoms with Crippen LogP contribution in [0.4, 0.5) is 13.2 Å². The summed E-state index contributed by atoms with van der Waals surface area (Å²) in [6.45, 7) is 1.85. The van der Waals surface area contributed by atoms with Crippen LogP contribution in [0.2, 0.25) is 0 Å². The van der Waals surface area contributed by atoms with Crippen LogP contribution in [0.15, 0.2) is 35.3 Å². The Morgan fingerprint density at radius 3 is 2.63 bits per heavy atom. The van der Waals surface area contributed by atoms with Crippen molar-refractivity contribution < 1.29 is 17.9 Å². The van der Waals surface area contributed by atoms with Gasteiger partial charge in [0, 0.05) is 6.20 Å². The van der Waals surface area contributed by atoms with E-state index in [4.69, 9.17) is 4.74 Å². The number of nitrogens with zero attached hydrogens (tertiary/aromatic N) is 6. The Kier molecular flexibility index (Phi) is 3.61. The van der Waals surface area contributed by atoms with E-state index in [1.807, 2.05) is 13.0 Å². The molecule has 4 aromatic rings. The fraction of sp³-hybridized carbons (Fsp3) is 0.188. The molecule has 0 N–H and O–H groups in total. The highest BCUT2D eigenvalue weighted by Crippen LogP contribution is 2.27. The van der Waals surface area contributed by atoms with Gasteiger partial charge in [0.25, 0.3) is 17.2 Å². The Morgan fingerprint density at radius 1 is 1.15 bits per heavy atom. The number of ether oxygens (including phenoxy) is 1. The number of alkyl halides is 3. The molecule has 0 radical (unpaired) electrons. The third-order valence-corrected chi connectivity index (χ3v) is 3.95. The van der Waals surface area contributed by atoms with Crippen LogP contribution in [0.1, 0.15) is 11.4 Å². The standard InChI is InChI=1S/C16H11F3N6O2/c1-8-3-4-11(27-2)10(7-8)24-6-5-9-12(13(24)26)21-22-15-20-14(16(17,18)19)23-25(9)15/h3-7H,1-2H3. The highest BCUT2D eigenvalue weighted by Gasteiger charge is 2.36. The molecule has 0 saturated carbocycles. The SMILES string of the molecule is COc1ccc(C)cc1-n1ccc2c(nnc3nc(C(F)(F)F)nn32)c1=O. The number of benzene rings is 1. The van der Waals surface area contributed by atoms with Crippen LogP contribution in [-0.4, -0.2) is 36.5 Å². The quantitative estimate of drug-likeness (QED) is 0.533. The van der Waals surface area contributed by atoms with Crippen LogP contribution < -0.4 is 10.3 Å². The third-order valence-electron chi connectivity index (χ3n) is 3.95. The minimum atomic E-state index is -4.73. The van der Waals surface area contributed by atoms with E-state index in [-0.39, 0.29) is 16.8 Å². The molecule has 0 atom stereocenters. The summed E-state index contributed by atoms with van der Waals surface area (Å²) in [7, 11) is 1.47. The number of methoxy groups -OCH3 is 1. The van der Waals surface area contributed by atoms with E-state index in [0.29, 0.717) is 11.4 Å². The van der Waals surface area contributed by atoms with Gasteiger partial charge in [-0.3, -0.25) is 9.36 Å². The number of hydrogen-bond acceptors (Lipinski definition) is 6. The summed E-state index contributed by atoms with van der Waals surface area (Å²) >= 11 is 0. The molecule has 0 unspecified atom stereocenters. The molecule has 8 nitrogen and oxygen atoms in total. The van der Waals surface area contributed by atoms with Crippen molar-refractivity contribution in [2.75, 3.05) is 7.11 Å². The van der Waals surface area contributed by atoms with Gasteiger partial charge in [-0.1, -0.05) is 6.07 Å². The summed E-state index contributed by atoms with van der Waals surface area (Å²) in [5.41, 5.74) is 0.712. The van der Waals surface area contributed by atoms with E-state index < -0.39 is 17.6 Å². The number of aromatic nitrogens is 6. The third kappa shape index (κ3) is 2.67. The minimum absolute atomic E-state index is 0.0656. The topological polar surface area (TPSA) is 87.2 Å². The molecule has 0 aliphatic carbocycles. The van der Waals surface area contributed by atoms with Gasteiger partial charge < -0.3 is 4.74 Å². The van der Waals surface area contributed by atoms with Crippen molar-refractivity contribution in [1.29, 1.82) is 0 Å². The highest BCUT2D eigenvalue weighted by molar-refractivity contribution is 5.75. The maximum atomic E-state index is 12.9. The molecule has 3 heterocycles. The van der Waals surface area contributed by atoms with Gasteiger partial charge in [0.1, 0.15) is 11.3 Å². The Balaban J connectivity index is 2.00. The molecule has 0 bridgehead atoms. The van der Waals surface area contributed by atoms with Crippen LogP contribution in [0, 0.1) is 6.92 Å². The summed E-state index contributed by atoms with van der Waals surface area (Å²) in [6, 6.07) is 6.71. The maximum Gasteiger partial charge on any atom is 0.453 e. The summed E-state index contributed by atoms with van der Waals surface area (Å²) < 4.78 is 46.0. The second kappa shape index (κ2) is 5.76. The van der Waals surface area contributed by atoms with Crippen LogP contribution in [-0.2, 0) is 6.18 Å². The van der Waals surface area contributed by atoms with Crippen molar-refractivity contribution in [3.05, 3.63) is 52.2 Å². The zero-order valence-corrected chi connectivity index (χ0v) is 14.0. The van der Waals surface area contributed by atoms with Crippen molar-refractivity contribution in [3.63, 3.8) is 0 Å². The molecular weight excluding hydrogens is 365 g/mol. The predicted octanol–water partition coefficient (Wildman–Crippen LogP) is 2.16. The molecule has 4 rings (SSSR count). The average Bonchev–Trinajstić information content (AvgIpc) is 3.07. The van der Waals surface area contributed by atoms with Crippen LogP contribution in [0.3, 0.4) is 0 Å². The van der Waals surface area contributed by atoms with Gasteiger partial charge >= 0.3 is 6.18 Å². The lowest BCUT2D eigenvalue weighted by molar-refractivity contribution is -0.144. The van der Waals surface area contributed by atoms with Crippen LogP contribution >= 0.6 is 0 Å². The summed E-state index contributed by atoms with van der Waals surface area (Å²) in [4.78, 5) is 16.2. The number of hydrogen-bond donors (Lipinski definition) is 0. The molecule has 0 aliphatic heterocycles. The predicted molar refractivity (Wildman–Crippen MR) is 88.0 cm³/mol. The smallest absolute Gasteiger partial charge is 0.453 e. The molecule has 0 saturated heterocycles. The Bertz CT molecular complexity index is 1240. The zero-order valence-electron chi connectivity index (χ0n) is 14.0. The Labute approximate surface area is 148 Å². The van der Waals surface area contributed by atoms with Gasteiger partial charge in [-0.25, -0.2) is 0 Å². The number of pyridine rings is 1. The fourth-order valence-electron chi connectivity index (χ4n) is 2.70. The van der Waals surface area contributed by atoms with Gasteiger partial charge in [-0.05, 0) is 30.7 Å². The first-order chi connectivity index (χ1) is 12.8. The number of halogens is 3. The van der Waals surface area contributed by atoms with E-state index in [0.717, 1.165) is 10.1 Å². The van der Waals surface area contributed by atoms with E-state index in [1.54, 1.807) is 12.1 Å². The molecule has 3 aromatic heterocycles. The van der Waals surface area contributed by atoms with Gasteiger partial charge in [0.05, 0.1) is 12.8 Å². The maximum absolute atomic E-state index is 12.9. The first-order valence-electron chi connectivity index (χ1n) is 7.66. The minimum Gasteiger partial charge on any atom is -0.495 e. The highest BCUT2D eigenvalue weighted by atomic mass is 19.4. The molecule has 11 heteroatoms. The number of rotatable bonds is 2. The molecule has 0 aliphatic rings. The number of fused-ring (bicyclic) bond motifs is 3. The summed E-state index contributed by atoms with van der Waals surface area (Å²) in [5, 5.41) is 10.8. The largest absolute Gasteiger partial charge is 0.495 e. The van der Waals surface area contributed by atoms with Gasteiger partial charge in [0.15, 0.2) is 5.52 Å². The lowest BCUT2D eigenvalue weighted by atomic mass is 10.2. The second-order valence-corrected chi connectivity index (χ2v) is 5.75. The van der Waals surface area contributed by atoms with E-state index >= 15 is 0 Å². The van der Waals surface area contributed by atoms with Gasteiger partial charge in [0.2, 0.25) is 0 Å². The van der Waals surface area contributed by atoms with Gasteiger partial charge in [-0.2, -0.15) is 22.7 Å². The molecule has 138 valence electrons. The molecule has 0 spiro atoms. The van der Waals surface area contributed by atoms with E-state index in [2.05, 4.69) is 20.3 Å². The van der Waals surface area contributed by atoms with Crippen molar-refractivity contribution in [3.8, 4) is 11.4 Å². The first-order valence-corrected chi connectivity index (χ1v) is 7.66.